The third-order valence-electron chi connectivity index (χ3n) is 3.59. The van der Waals surface area contributed by atoms with Gasteiger partial charge in [0, 0.05) is 28.4 Å². The number of hydrogen-bond donors (Lipinski definition) is 1. The Morgan fingerprint density at radius 1 is 1.15 bits per heavy atom. The largest absolute Gasteiger partial charge is 0.276 e. The highest BCUT2D eigenvalue weighted by Gasteiger charge is 2.17. The molecular formula is C16H12Cl2N4O4S. The lowest BCUT2D eigenvalue weighted by atomic mass is 10.2. The summed E-state index contributed by atoms with van der Waals surface area (Å²) >= 11 is 12.0. The minimum atomic E-state index is -3.90. The molecule has 3 aromatic rings. The number of hydrogen-bond acceptors (Lipinski definition) is 5. The van der Waals surface area contributed by atoms with E-state index in [2.05, 4.69) is 9.82 Å². The Morgan fingerprint density at radius 2 is 1.85 bits per heavy atom. The van der Waals surface area contributed by atoms with Crippen LogP contribution in [0.3, 0.4) is 0 Å². The van der Waals surface area contributed by atoms with E-state index in [1.54, 1.807) is 18.2 Å². The lowest BCUT2D eigenvalue weighted by molar-refractivity contribution is -0.384. The van der Waals surface area contributed by atoms with E-state index in [1.807, 2.05) is 0 Å². The predicted molar refractivity (Wildman–Crippen MR) is 102 cm³/mol. The number of non-ortho nitro benzene ring substituents is 1. The standard InChI is InChI=1S/C16H12Cl2N4O4S/c17-12-2-1-11(16(18)7-12)9-21-10-13(8-19-21)20-27(25,26)15-5-3-14(4-6-15)22(23)24/h1-8,10,20H,9H2. The first kappa shape index (κ1) is 19.2. The number of nitrogens with zero attached hydrogens (tertiary/aromatic N) is 3. The van der Waals surface area contributed by atoms with Gasteiger partial charge in [0.15, 0.2) is 0 Å². The molecule has 11 heteroatoms. The number of anilines is 1. The number of nitro benzene ring substituents is 1. The molecular weight excluding hydrogens is 415 g/mol. The number of rotatable bonds is 6. The summed E-state index contributed by atoms with van der Waals surface area (Å²) in [6.07, 6.45) is 2.86. The average Bonchev–Trinajstić information content (AvgIpc) is 3.04. The molecule has 1 N–H and O–H groups in total. The van der Waals surface area contributed by atoms with E-state index in [4.69, 9.17) is 23.2 Å². The van der Waals surface area contributed by atoms with Gasteiger partial charge in [-0.05, 0) is 29.8 Å². The maximum atomic E-state index is 12.4. The number of benzene rings is 2. The van der Waals surface area contributed by atoms with Crippen LogP contribution in [-0.4, -0.2) is 23.1 Å². The molecule has 0 unspecified atom stereocenters. The summed E-state index contributed by atoms with van der Waals surface area (Å²) in [5, 5.41) is 15.8. The van der Waals surface area contributed by atoms with Gasteiger partial charge in [-0.25, -0.2) is 8.42 Å². The van der Waals surface area contributed by atoms with Gasteiger partial charge in [-0.1, -0.05) is 29.3 Å². The highest BCUT2D eigenvalue weighted by Crippen LogP contribution is 2.23. The fourth-order valence-electron chi connectivity index (χ4n) is 2.29. The SMILES string of the molecule is O=[N+]([O-])c1ccc(S(=O)(=O)Nc2cnn(Cc3ccc(Cl)cc3Cl)c2)cc1. The molecule has 2 aromatic carbocycles. The van der Waals surface area contributed by atoms with Gasteiger partial charge in [-0.3, -0.25) is 19.5 Å². The van der Waals surface area contributed by atoms with Crippen LogP contribution >= 0.6 is 23.2 Å². The van der Waals surface area contributed by atoms with Crippen LogP contribution < -0.4 is 4.72 Å². The number of nitrogens with one attached hydrogen (secondary N) is 1. The van der Waals surface area contributed by atoms with Gasteiger partial charge >= 0.3 is 0 Å². The molecule has 0 bridgehead atoms. The lowest BCUT2D eigenvalue weighted by Gasteiger charge is -2.06. The summed E-state index contributed by atoms with van der Waals surface area (Å²) in [4.78, 5) is 9.96. The fourth-order valence-corrected chi connectivity index (χ4v) is 3.78. The van der Waals surface area contributed by atoms with Crippen LogP contribution in [0.2, 0.25) is 10.0 Å². The molecule has 1 heterocycles. The van der Waals surface area contributed by atoms with E-state index in [9.17, 15) is 18.5 Å². The minimum Gasteiger partial charge on any atom is -0.276 e. The Bertz CT molecular complexity index is 1100. The number of nitro groups is 1. The third-order valence-corrected chi connectivity index (χ3v) is 5.57. The van der Waals surface area contributed by atoms with Crippen molar-refractivity contribution >= 4 is 44.6 Å². The highest BCUT2D eigenvalue weighted by atomic mass is 35.5. The van der Waals surface area contributed by atoms with Crippen molar-refractivity contribution in [1.82, 2.24) is 9.78 Å². The van der Waals surface area contributed by atoms with Crippen molar-refractivity contribution in [3.63, 3.8) is 0 Å². The topological polar surface area (TPSA) is 107 Å². The fraction of sp³-hybridized carbons (Fsp3) is 0.0625. The van der Waals surface area contributed by atoms with Crippen molar-refractivity contribution in [1.29, 1.82) is 0 Å². The summed E-state index contributed by atoms with van der Waals surface area (Å²) in [6, 6.07) is 9.65. The van der Waals surface area contributed by atoms with Crippen LogP contribution in [0.15, 0.2) is 59.8 Å². The molecule has 27 heavy (non-hydrogen) atoms. The normalized spacial score (nSPS) is 11.3. The van der Waals surface area contributed by atoms with Crippen LogP contribution in [0.1, 0.15) is 5.56 Å². The van der Waals surface area contributed by atoms with Crippen LogP contribution in [0.5, 0.6) is 0 Å². The number of sulfonamides is 1. The van der Waals surface area contributed by atoms with Gasteiger partial charge in [0.05, 0.1) is 28.2 Å². The van der Waals surface area contributed by atoms with Gasteiger partial charge in [-0.2, -0.15) is 5.10 Å². The van der Waals surface area contributed by atoms with Gasteiger partial charge in [0.1, 0.15) is 0 Å². The second-order valence-corrected chi connectivity index (χ2v) is 8.04. The van der Waals surface area contributed by atoms with E-state index in [-0.39, 0.29) is 16.3 Å². The summed E-state index contributed by atoms with van der Waals surface area (Å²) in [6.45, 7) is 0.329. The minimum absolute atomic E-state index is 0.0957. The van der Waals surface area contributed by atoms with Crippen molar-refractivity contribution in [2.75, 3.05) is 4.72 Å². The van der Waals surface area contributed by atoms with Crippen molar-refractivity contribution < 1.29 is 13.3 Å². The second-order valence-electron chi connectivity index (χ2n) is 5.52. The van der Waals surface area contributed by atoms with Crippen LogP contribution in [0.25, 0.3) is 0 Å². The summed E-state index contributed by atoms with van der Waals surface area (Å²) in [5.74, 6) is 0. The van der Waals surface area contributed by atoms with E-state index >= 15 is 0 Å². The second kappa shape index (κ2) is 7.55. The molecule has 0 saturated heterocycles. The van der Waals surface area contributed by atoms with E-state index < -0.39 is 14.9 Å². The molecule has 8 nitrogen and oxygen atoms in total. The third kappa shape index (κ3) is 4.57. The Kier molecular flexibility index (Phi) is 5.36. The first-order valence-electron chi connectivity index (χ1n) is 7.48. The zero-order chi connectivity index (χ0) is 19.6. The van der Waals surface area contributed by atoms with Crippen LogP contribution in [0.4, 0.5) is 11.4 Å². The molecule has 0 aliphatic carbocycles. The molecule has 3 rings (SSSR count). The molecule has 0 amide bonds. The molecule has 0 fully saturated rings. The number of aromatic nitrogens is 2. The molecule has 0 saturated carbocycles. The van der Waals surface area contributed by atoms with Crippen molar-refractivity contribution in [3.8, 4) is 0 Å². The van der Waals surface area contributed by atoms with E-state index in [0.717, 1.165) is 17.7 Å². The zero-order valence-corrected chi connectivity index (χ0v) is 15.9. The quantitative estimate of drug-likeness (QED) is 0.474. The Balaban J connectivity index is 1.75. The smallest absolute Gasteiger partial charge is 0.269 e. The lowest BCUT2D eigenvalue weighted by Crippen LogP contribution is -2.12. The molecule has 1 aromatic heterocycles. The first-order valence-corrected chi connectivity index (χ1v) is 9.72. The van der Waals surface area contributed by atoms with E-state index in [1.165, 1.54) is 29.2 Å². The van der Waals surface area contributed by atoms with Crippen LogP contribution in [-0.2, 0) is 16.6 Å². The van der Waals surface area contributed by atoms with Crippen molar-refractivity contribution in [3.05, 3.63) is 80.6 Å². The van der Waals surface area contributed by atoms with Crippen LogP contribution in [0, 0.1) is 10.1 Å². The molecule has 0 atom stereocenters. The maximum absolute atomic E-state index is 12.4. The Labute approximate surface area is 164 Å². The monoisotopic (exact) mass is 426 g/mol. The zero-order valence-electron chi connectivity index (χ0n) is 13.5. The molecule has 140 valence electrons. The van der Waals surface area contributed by atoms with Gasteiger partial charge in [-0.15, -0.1) is 0 Å². The first-order chi connectivity index (χ1) is 12.7. The molecule has 0 radical (unpaired) electrons. The Morgan fingerprint density at radius 3 is 2.48 bits per heavy atom. The highest BCUT2D eigenvalue weighted by molar-refractivity contribution is 7.92. The van der Waals surface area contributed by atoms with Gasteiger partial charge < -0.3 is 0 Å². The van der Waals surface area contributed by atoms with E-state index in [0.29, 0.717) is 16.6 Å². The van der Waals surface area contributed by atoms with Gasteiger partial charge in [0.2, 0.25) is 0 Å². The summed E-state index contributed by atoms with van der Waals surface area (Å²) in [7, 11) is -3.90. The molecule has 0 aliphatic rings. The average molecular weight is 427 g/mol. The van der Waals surface area contributed by atoms with Crippen molar-refractivity contribution in [2.24, 2.45) is 0 Å². The predicted octanol–water partition coefficient (Wildman–Crippen LogP) is 3.95. The summed E-state index contributed by atoms with van der Waals surface area (Å²) < 4.78 is 28.7. The molecule has 0 aliphatic heterocycles. The Hall–Kier alpha value is -2.62. The number of halogens is 2. The van der Waals surface area contributed by atoms with Gasteiger partial charge in [0.25, 0.3) is 15.7 Å². The van der Waals surface area contributed by atoms with Crippen molar-refractivity contribution in [2.45, 2.75) is 11.4 Å². The summed E-state index contributed by atoms with van der Waals surface area (Å²) in [5.41, 5.74) is 0.828. The molecule has 0 spiro atoms. The maximum Gasteiger partial charge on any atom is 0.269 e.